The molecule has 86 valence electrons. The first-order chi connectivity index (χ1) is 7.63. The van der Waals surface area contributed by atoms with Crippen molar-refractivity contribution in [2.24, 2.45) is 5.10 Å². The van der Waals surface area contributed by atoms with Gasteiger partial charge in [-0.2, -0.15) is 5.10 Å². The van der Waals surface area contributed by atoms with Gasteiger partial charge in [0, 0.05) is 32.3 Å². The summed E-state index contributed by atoms with van der Waals surface area (Å²) >= 11 is 0. The number of Topliss-reactive ketones (excluding diaryl/α,β-unsaturated/α-hetero) is 1. The summed E-state index contributed by atoms with van der Waals surface area (Å²) in [6, 6.07) is 7.06. The Morgan fingerprint density at radius 1 is 1.38 bits per heavy atom. The van der Waals surface area contributed by atoms with Crippen LogP contribution in [0, 0.1) is 0 Å². The Balaban J connectivity index is 2.59. The molecule has 1 aromatic carbocycles. The van der Waals surface area contributed by atoms with Gasteiger partial charge in [-0.05, 0) is 24.3 Å². The molecular weight excluding hydrogens is 204 g/mol. The summed E-state index contributed by atoms with van der Waals surface area (Å²) in [6.45, 7) is 0. The van der Waals surface area contributed by atoms with Crippen LogP contribution < -0.4 is 4.74 Å². The van der Waals surface area contributed by atoms with Crippen molar-refractivity contribution < 1.29 is 9.53 Å². The van der Waals surface area contributed by atoms with Gasteiger partial charge in [0.1, 0.15) is 5.75 Å². The molecule has 0 radical (unpaired) electrons. The smallest absolute Gasteiger partial charge is 0.168 e. The molecule has 0 saturated heterocycles. The maximum atomic E-state index is 11.7. The molecule has 0 spiro atoms. The van der Waals surface area contributed by atoms with Gasteiger partial charge in [-0.3, -0.25) is 4.79 Å². The molecule has 0 amide bonds. The number of methoxy groups -OCH3 is 1. The zero-order valence-corrected chi connectivity index (χ0v) is 9.80. The first-order valence-corrected chi connectivity index (χ1v) is 5.00. The fourth-order valence-electron chi connectivity index (χ4n) is 1.18. The molecule has 16 heavy (non-hydrogen) atoms. The number of ether oxygens (including phenoxy) is 1. The van der Waals surface area contributed by atoms with E-state index < -0.39 is 0 Å². The lowest BCUT2D eigenvalue weighted by molar-refractivity contribution is 0.100. The molecule has 0 aliphatic rings. The van der Waals surface area contributed by atoms with Gasteiger partial charge < -0.3 is 9.75 Å². The normalized spacial score (nSPS) is 10.4. The third kappa shape index (κ3) is 3.73. The van der Waals surface area contributed by atoms with Crippen molar-refractivity contribution in [1.82, 2.24) is 5.01 Å². The van der Waals surface area contributed by atoms with Crippen LogP contribution in [0.15, 0.2) is 29.4 Å². The lowest BCUT2D eigenvalue weighted by Crippen LogP contribution is -2.04. The number of rotatable bonds is 5. The van der Waals surface area contributed by atoms with E-state index in [-0.39, 0.29) is 5.78 Å². The minimum atomic E-state index is 0.0493. The maximum absolute atomic E-state index is 11.7. The van der Waals surface area contributed by atoms with E-state index >= 15 is 0 Å². The van der Waals surface area contributed by atoms with Crippen LogP contribution in [0.4, 0.5) is 0 Å². The van der Waals surface area contributed by atoms with E-state index in [0.29, 0.717) is 12.0 Å². The Morgan fingerprint density at radius 3 is 2.50 bits per heavy atom. The first kappa shape index (κ1) is 12.2. The highest BCUT2D eigenvalue weighted by Gasteiger charge is 2.03. The van der Waals surface area contributed by atoms with Gasteiger partial charge in [0.15, 0.2) is 5.78 Å². The van der Waals surface area contributed by atoms with Crippen molar-refractivity contribution in [2.45, 2.75) is 6.42 Å². The van der Waals surface area contributed by atoms with Gasteiger partial charge in [-0.1, -0.05) is 0 Å². The van der Waals surface area contributed by atoms with Crippen molar-refractivity contribution in [3.8, 4) is 5.75 Å². The Hall–Kier alpha value is -1.84. The van der Waals surface area contributed by atoms with Crippen LogP contribution in [-0.2, 0) is 0 Å². The number of ketones is 1. The van der Waals surface area contributed by atoms with Crippen molar-refractivity contribution in [2.75, 3.05) is 21.2 Å². The van der Waals surface area contributed by atoms with E-state index in [0.717, 1.165) is 5.75 Å². The molecule has 0 N–H and O–H groups in total. The molecule has 1 rings (SSSR count). The molecular formula is C12H16N2O2. The lowest BCUT2D eigenvalue weighted by Gasteiger charge is -2.03. The van der Waals surface area contributed by atoms with E-state index in [1.165, 1.54) is 0 Å². The van der Waals surface area contributed by atoms with Crippen molar-refractivity contribution in [3.05, 3.63) is 29.8 Å². The second-order valence-electron chi connectivity index (χ2n) is 3.50. The zero-order valence-electron chi connectivity index (χ0n) is 9.80. The van der Waals surface area contributed by atoms with Gasteiger partial charge in [-0.15, -0.1) is 0 Å². The highest BCUT2D eigenvalue weighted by atomic mass is 16.5. The maximum Gasteiger partial charge on any atom is 0.168 e. The number of nitrogens with zero attached hydrogens (tertiary/aromatic N) is 2. The molecule has 0 aliphatic carbocycles. The molecule has 0 fully saturated rings. The molecule has 0 aromatic heterocycles. The first-order valence-electron chi connectivity index (χ1n) is 5.00. The number of carbonyl (C=O) groups is 1. The lowest BCUT2D eigenvalue weighted by atomic mass is 10.1. The monoisotopic (exact) mass is 220 g/mol. The molecule has 0 bridgehead atoms. The van der Waals surface area contributed by atoms with E-state index in [2.05, 4.69) is 5.10 Å². The van der Waals surface area contributed by atoms with E-state index in [4.69, 9.17) is 4.74 Å². The van der Waals surface area contributed by atoms with Gasteiger partial charge in [0.25, 0.3) is 0 Å². The Kier molecular flexibility index (Phi) is 4.51. The third-order valence-corrected chi connectivity index (χ3v) is 2.00. The van der Waals surface area contributed by atoms with Crippen molar-refractivity contribution in [1.29, 1.82) is 0 Å². The van der Waals surface area contributed by atoms with Crippen LogP contribution >= 0.6 is 0 Å². The Morgan fingerprint density at radius 2 is 2.00 bits per heavy atom. The number of hydrazone groups is 1. The minimum absolute atomic E-state index is 0.0493. The summed E-state index contributed by atoms with van der Waals surface area (Å²) in [6.07, 6.45) is 1.91. The van der Waals surface area contributed by atoms with Crippen LogP contribution in [0.25, 0.3) is 0 Å². The van der Waals surface area contributed by atoms with Gasteiger partial charge in [0.05, 0.1) is 7.11 Å². The standard InChI is InChI=1S/C12H16N2O2/c1-14(2)13-9-8-12(15)10-4-6-11(16-3)7-5-10/h4-7,9H,8H2,1-3H3/b13-9+. The van der Waals surface area contributed by atoms with Crippen molar-refractivity contribution in [3.63, 3.8) is 0 Å². The average Bonchev–Trinajstić information content (AvgIpc) is 2.28. The van der Waals surface area contributed by atoms with Crippen LogP contribution in [0.2, 0.25) is 0 Å². The quantitative estimate of drug-likeness (QED) is 0.432. The summed E-state index contributed by atoms with van der Waals surface area (Å²) in [4.78, 5) is 11.7. The molecule has 0 saturated carbocycles. The SMILES string of the molecule is COc1ccc(C(=O)C/C=N/N(C)C)cc1. The molecule has 0 atom stereocenters. The minimum Gasteiger partial charge on any atom is -0.497 e. The second kappa shape index (κ2) is 5.90. The molecule has 1 aromatic rings. The highest BCUT2D eigenvalue weighted by Crippen LogP contribution is 2.12. The largest absolute Gasteiger partial charge is 0.497 e. The van der Waals surface area contributed by atoms with E-state index in [1.807, 2.05) is 14.1 Å². The number of carbonyl (C=O) groups excluding carboxylic acids is 1. The number of hydrogen-bond acceptors (Lipinski definition) is 4. The van der Waals surface area contributed by atoms with E-state index in [1.54, 1.807) is 42.6 Å². The highest BCUT2D eigenvalue weighted by molar-refractivity contribution is 6.03. The molecule has 0 aliphatic heterocycles. The fraction of sp³-hybridized carbons (Fsp3) is 0.333. The summed E-state index contributed by atoms with van der Waals surface area (Å²) in [5, 5.41) is 5.64. The predicted molar refractivity (Wildman–Crippen MR) is 64.1 cm³/mol. The topological polar surface area (TPSA) is 41.9 Å². The Labute approximate surface area is 95.5 Å². The second-order valence-corrected chi connectivity index (χ2v) is 3.50. The van der Waals surface area contributed by atoms with Crippen LogP contribution in [-0.4, -0.2) is 38.2 Å². The third-order valence-electron chi connectivity index (χ3n) is 2.00. The molecule has 4 heteroatoms. The summed E-state index contributed by atoms with van der Waals surface area (Å²) in [5.41, 5.74) is 0.672. The summed E-state index contributed by atoms with van der Waals surface area (Å²) in [7, 11) is 5.23. The van der Waals surface area contributed by atoms with Crippen molar-refractivity contribution >= 4 is 12.0 Å². The van der Waals surface area contributed by atoms with Crippen LogP contribution in [0.5, 0.6) is 5.75 Å². The molecule has 0 unspecified atom stereocenters. The van der Waals surface area contributed by atoms with Crippen LogP contribution in [0.3, 0.4) is 0 Å². The van der Waals surface area contributed by atoms with Gasteiger partial charge in [-0.25, -0.2) is 0 Å². The van der Waals surface area contributed by atoms with Gasteiger partial charge in [0.2, 0.25) is 0 Å². The van der Waals surface area contributed by atoms with E-state index in [9.17, 15) is 4.79 Å². The summed E-state index contributed by atoms with van der Waals surface area (Å²) in [5.74, 6) is 0.798. The Bertz CT molecular complexity index is 369. The fourth-order valence-corrected chi connectivity index (χ4v) is 1.18. The zero-order chi connectivity index (χ0) is 12.0. The average molecular weight is 220 g/mol. The molecule has 4 nitrogen and oxygen atoms in total. The molecule has 0 heterocycles. The van der Waals surface area contributed by atoms with Gasteiger partial charge >= 0.3 is 0 Å². The number of benzene rings is 1. The summed E-state index contributed by atoms with van der Waals surface area (Å²) < 4.78 is 5.02. The predicted octanol–water partition coefficient (Wildman–Crippen LogP) is 1.82. The van der Waals surface area contributed by atoms with Crippen LogP contribution in [0.1, 0.15) is 16.8 Å². The number of hydrogen-bond donors (Lipinski definition) is 0.